The summed E-state index contributed by atoms with van der Waals surface area (Å²) in [5, 5.41) is 10.2. The number of hydrogen-bond donors (Lipinski definition) is 1. The van der Waals surface area contributed by atoms with Crippen LogP contribution in [0.4, 0.5) is 0 Å². The van der Waals surface area contributed by atoms with E-state index in [9.17, 15) is 9.59 Å². The minimum Gasteiger partial charge on any atom is -0.481 e. The minimum absolute atomic E-state index is 0.00924. The van der Waals surface area contributed by atoms with Crippen molar-refractivity contribution < 1.29 is 14.7 Å². The molecule has 4 heteroatoms. The predicted molar refractivity (Wildman–Crippen MR) is 55.6 cm³/mol. The Morgan fingerprint density at radius 2 is 2.29 bits per heavy atom. The van der Waals surface area contributed by atoms with Gasteiger partial charge in [0.25, 0.3) is 0 Å². The Bertz CT molecular complexity index is 376. The van der Waals surface area contributed by atoms with Crippen molar-refractivity contribution in [2.75, 3.05) is 0 Å². The maximum atomic E-state index is 11.1. The normalized spacial score (nSPS) is 10.6. The lowest BCUT2D eigenvalue weighted by Crippen LogP contribution is -1.91. The van der Waals surface area contributed by atoms with E-state index in [1.165, 1.54) is 24.3 Å². The van der Waals surface area contributed by atoms with Crippen LogP contribution in [0.1, 0.15) is 28.6 Å². The molecule has 0 bridgehead atoms. The van der Waals surface area contributed by atoms with Crippen molar-refractivity contribution >= 4 is 29.2 Å². The lowest BCUT2D eigenvalue weighted by molar-refractivity contribution is -0.135. The highest BCUT2D eigenvalue weighted by Crippen LogP contribution is 2.18. The lowest BCUT2D eigenvalue weighted by Gasteiger charge is -1.91. The molecule has 1 heterocycles. The van der Waals surface area contributed by atoms with Gasteiger partial charge in [0.1, 0.15) is 0 Å². The predicted octanol–water partition coefficient (Wildman–Crippen LogP) is 2.44. The van der Waals surface area contributed by atoms with Gasteiger partial charge in [0.05, 0.1) is 11.3 Å². The Kier molecular flexibility index (Phi) is 3.59. The van der Waals surface area contributed by atoms with Crippen molar-refractivity contribution in [1.29, 1.82) is 0 Å². The summed E-state index contributed by atoms with van der Waals surface area (Å²) in [6.45, 7) is 1.50. The van der Waals surface area contributed by atoms with E-state index in [0.29, 0.717) is 4.88 Å². The molecule has 3 nitrogen and oxygen atoms in total. The zero-order chi connectivity index (χ0) is 10.6. The second-order valence-corrected chi connectivity index (χ2v) is 3.68. The van der Waals surface area contributed by atoms with Crippen LogP contribution < -0.4 is 0 Å². The number of carboxylic acid groups (broad SMARTS) is 1. The van der Waals surface area contributed by atoms with E-state index in [0.717, 1.165) is 5.56 Å². The molecule has 1 aromatic heterocycles. The summed E-state index contributed by atoms with van der Waals surface area (Å²) >= 11 is 1.37. The third kappa shape index (κ3) is 2.81. The molecular weight excluding hydrogens is 200 g/mol. The van der Waals surface area contributed by atoms with Crippen molar-refractivity contribution in [1.82, 2.24) is 0 Å². The Morgan fingerprint density at radius 3 is 2.86 bits per heavy atom. The van der Waals surface area contributed by atoms with E-state index in [1.54, 1.807) is 12.1 Å². The topological polar surface area (TPSA) is 54.4 Å². The molecule has 0 aliphatic heterocycles. The molecule has 0 aromatic carbocycles. The zero-order valence-electron chi connectivity index (χ0n) is 7.69. The van der Waals surface area contributed by atoms with Gasteiger partial charge in [0, 0.05) is 0 Å². The first-order valence-corrected chi connectivity index (χ1v) is 4.96. The van der Waals surface area contributed by atoms with Gasteiger partial charge < -0.3 is 5.11 Å². The minimum atomic E-state index is -0.874. The number of ketones is 1. The van der Waals surface area contributed by atoms with Gasteiger partial charge in [-0.3, -0.25) is 9.59 Å². The average molecular weight is 210 g/mol. The first-order chi connectivity index (χ1) is 6.61. The highest BCUT2D eigenvalue weighted by Gasteiger charge is 2.05. The van der Waals surface area contributed by atoms with Gasteiger partial charge in [-0.25, -0.2) is 0 Å². The van der Waals surface area contributed by atoms with E-state index in [1.807, 2.05) is 5.38 Å². The number of aliphatic carboxylic acids is 1. The fraction of sp³-hybridized carbons (Fsp3) is 0.200. The molecule has 1 aromatic rings. The van der Waals surface area contributed by atoms with Crippen LogP contribution in [0.15, 0.2) is 17.5 Å². The summed E-state index contributed by atoms with van der Waals surface area (Å²) in [5.74, 6) is -0.865. The molecule has 0 fully saturated rings. The largest absolute Gasteiger partial charge is 0.481 e. The van der Waals surface area contributed by atoms with Gasteiger partial charge in [0.2, 0.25) is 0 Å². The first kappa shape index (κ1) is 10.7. The van der Waals surface area contributed by atoms with Crippen molar-refractivity contribution in [2.24, 2.45) is 0 Å². The van der Waals surface area contributed by atoms with E-state index < -0.39 is 5.97 Å². The van der Waals surface area contributed by atoms with Crippen LogP contribution in [0.5, 0.6) is 0 Å². The molecule has 0 saturated heterocycles. The van der Waals surface area contributed by atoms with E-state index in [4.69, 9.17) is 5.11 Å². The number of carbonyl (C=O) groups excluding carboxylic acids is 1. The molecule has 1 N–H and O–H groups in total. The molecular formula is C10H10O3S. The number of Topliss-reactive ketones (excluding diaryl/α,β-unsaturated/α-hetero) is 1. The van der Waals surface area contributed by atoms with Gasteiger partial charge >= 0.3 is 5.97 Å². The van der Waals surface area contributed by atoms with E-state index in [-0.39, 0.29) is 12.2 Å². The quantitative estimate of drug-likeness (QED) is 0.776. The second kappa shape index (κ2) is 4.72. The summed E-state index contributed by atoms with van der Waals surface area (Å²) in [4.78, 5) is 22.0. The lowest BCUT2D eigenvalue weighted by atomic mass is 10.2. The van der Waals surface area contributed by atoms with Crippen molar-refractivity contribution in [3.8, 4) is 0 Å². The van der Waals surface area contributed by atoms with Crippen LogP contribution in [-0.2, 0) is 4.79 Å². The fourth-order valence-electron chi connectivity index (χ4n) is 1.02. The number of hydrogen-bond acceptors (Lipinski definition) is 3. The molecule has 0 aliphatic rings. The summed E-state index contributed by atoms with van der Waals surface area (Å²) in [6.07, 6.45) is 3.19. The summed E-state index contributed by atoms with van der Waals surface area (Å²) in [7, 11) is 0. The molecule has 74 valence electrons. The van der Waals surface area contributed by atoms with Gasteiger partial charge in [-0.05, 0) is 23.9 Å². The van der Waals surface area contributed by atoms with E-state index >= 15 is 0 Å². The Balaban J connectivity index is 2.76. The smallest absolute Gasteiger partial charge is 0.307 e. The third-order valence-corrected chi connectivity index (χ3v) is 2.64. The van der Waals surface area contributed by atoms with Crippen LogP contribution in [0, 0.1) is 0 Å². The highest BCUT2D eigenvalue weighted by atomic mass is 32.1. The van der Waals surface area contributed by atoms with Crippen LogP contribution in [0.2, 0.25) is 0 Å². The summed E-state index contributed by atoms with van der Waals surface area (Å²) < 4.78 is 0. The molecule has 0 unspecified atom stereocenters. The summed E-state index contributed by atoms with van der Waals surface area (Å²) in [5.41, 5.74) is 0.795. The maximum absolute atomic E-state index is 11.1. The molecule has 1 rings (SSSR count). The average Bonchev–Trinajstić information content (AvgIpc) is 2.51. The fourth-order valence-corrected chi connectivity index (χ4v) is 1.81. The first-order valence-electron chi connectivity index (χ1n) is 4.08. The zero-order valence-corrected chi connectivity index (χ0v) is 8.50. The van der Waals surface area contributed by atoms with E-state index in [2.05, 4.69) is 0 Å². The Morgan fingerprint density at radius 1 is 1.57 bits per heavy atom. The van der Waals surface area contributed by atoms with Crippen LogP contribution in [0.3, 0.4) is 0 Å². The molecule has 0 amide bonds. The molecule has 14 heavy (non-hydrogen) atoms. The van der Waals surface area contributed by atoms with Crippen molar-refractivity contribution in [2.45, 2.75) is 13.3 Å². The standard InChI is InChI=1S/C10H10O3S/c1-7(11)10-8(5-6-14-10)3-2-4-9(12)13/h2-3,5-6H,4H2,1H3,(H,12,13). The maximum Gasteiger partial charge on any atom is 0.307 e. The number of rotatable bonds is 4. The van der Waals surface area contributed by atoms with Gasteiger partial charge in [-0.2, -0.15) is 0 Å². The molecule has 0 radical (unpaired) electrons. The summed E-state index contributed by atoms with van der Waals surface area (Å²) in [6, 6.07) is 1.81. The number of carboxylic acids is 1. The Hall–Kier alpha value is -1.42. The Labute approximate surface area is 85.7 Å². The monoisotopic (exact) mass is 210 g/mol. The number of thiophene rings is 1. The van der Waals surface area contributed by atoms with Gasteiger partial charge in [-0.1, -0.05) is 12.2 Å². The molecule has 0 saturated carbocycles. The van der Waals surface area contributed by atoms with Crippen LogP contribution >= 0.6 is 11.3 Å². The van der Waals surface area contributed by atoms with Gasteiger partial charge in [0.15, 0.2) is 5.78 Å². The molecule has 0 atom stereocenters. The molecule has 0 spiro atoms. The number of carbonyl (C=O) groups is 2. The highest BCUT2D eigenvalue weighted by molar-refractivity contribution is 7.12. The van der Waals surface area contributed by atoms with Crippen molar-refractivity contribution in [3.05, 3.63) is 28.0 Å². The van der Waals surface area contributed by atoms with Crippen molar-refractivity contribution in [3.63, 3.8) is 0 Å². The van der Waals surface area contributed by atoms with Gasteiger partial charge in [-0.15, -0.1) is 11.3 Å². The third-order valence-electron chi connectivity index (χ3n) is 1.61. The second-order valence-electron chi connectivity index (χ2n) is 2.76. The van der Waals surface area contributed by atoms with Crippen LogP contribution in [0.25, 0.3) is 6.08 Å². The SMILES string of the molecule is CC(=O)c1sccc1C=CCC(=O)O. The van der Waals surface area contributed by atoms with Crippen LogP contribution in [-0.4, -0.2) is 16.9 Å². The molecule has 0 aliphatic carbocycles.